The molecule has 25 heavy (non-hydrogen) atoms. The summed E-state index contributed by atoms with van der Waals surface area (Å²) in [4.78, 5) is 5.69. The molecular weight excluding hydrogens is 332 g/mol. The highest BCUT2D eigenvalue weighted by atomic mass is 32.1. The van der Waals surface area contributed by atoms with Gasteiger partial charge in [-0.15, -0.1) is 11.3 Å². The van der Waals surface area contributed by atoms with Crippen LogP contribution in [-0.4, -0.2) is 25.7 Å². The third-order valence-corrected chi connectivity index (χ3v) is 6.36. The van der Waals surface area contributed by atoms with Crippen molar-refractivity contribution in [2.24, 2.45) is 17.8 Å². The summed E-state index contributed by atoms with van der Waals surface area (Å²) in [6.45, 7) is 1.91. The van der Waals surface area contributed by atoms with E-state index in [9.17, 15) is 0 Å². The molecule has 1 aromatic heterocycles. The van der Waals surface area contributed by atoms with Gasteiger partial charge in [-0.3, -0.25) is 0 Å². The lowest BCUT2D eigenvalue weighted by Gasteiger charge is -2.18. The van der Waals surface area contributed by atoms with Crippen LogP contribution >= 0.6 is 11.3 Å². The fraction of sp³-hybridized carbons (Fsp3) is 0.450. The molecule has 1 N–H and O–H groups in total. The highest BCUT2D eigenvalue weighted by Gasteiger charge is 2.34. The van der Waals surface area contributed by atoms with Crippen LogP contribution in [0.4, 0.5) is 0 Å². The number of hydrogen-bond acceptors (Lipinski definition) is 5. The molecule has 1 saturated carbocycles. The van der Waals surface area contributed by atoms with Crippen LogP contribution in [0, 0.1) is 17.8 Å². The molecule has 0 aliphatic heterocycles. The van der Waals surface area contributed by atoms with Gasteiger partial charge < -0.3 is 14.8 Å². The monoisotopic (exact) mass is 356 g/mol. The fourth-order valence-electron chi connectivity index (χ4n) is 4.02. The van der Waals surface area contributed by atoms with Gasteiger partial charge in [0.05, 0.1) is 19.1 Å². The Morgan fingerprint density at radius 3 is 2.84 bits per heavy atom. The second-order valence-corrected chi connectivity index (χ2v) is 7.97. The lowest BCUT2D eigenvalue weighted by molar-refractivity contribution is 0.404. The van der Waals surface area contributed by atoms with Crippen molar-refractivity contribution in [3.63, 3.8) is 0 Å². The molecule has 3 atom stereocenters. The van der Waals surface area contributed by atoms with Crippen molar-refractivity contribution in [1.82, 2.24) is 10.3 Å². The fourth-order valence-corrected chi connectivity index (χ4v) is 4.93. The van der Waals surface area contributed by atoms with Crippen molar-refractivity contribution in [1.29, 1.82) is 0 Å². The van der Waals surface area contributed by atoms with Crippen LogP contribution in [0.1, 0.15) is 17.8 Å². The zero-order valence-electron chi connectivity index (χ0n) is 14.7. The number of ether oxygens (including phenoxy) is 2. The molecular formula is C20H24N2O2S. The smallest absolute Gasteiger partial charge is 0.127 e. The molecule has 2 aromatic rings. The first-order valence-corrected chi connectivity index (χ1v) is 9.64. The summed E-state index contributed by atoms with van der Waals surface area (Å²) in [5, 5.41) is 4.71. The molecule has 2 aliphatic carbocycles. The predicted octanol–water partition coefficient (Wildman–Crippen LogP) is 4.13. The van der Waals surface area contributed by atoms with E-state index in [1.54, 1.807) is 25.6 Å². The Hall–Kier alpha value is -1.85. The van der Waals surface area contributed by atoms with E-state index in [2.05, 4.69) is 22.5 Å². The summed E-state index contributed by atoms with van der Waals surface area (Å²) in [6, 6.07) is 5.86. The number of methoxy groups -OCH3 is 2. The topological polar surface area (TPSA) is 43.4 Å². The predicted molar refractivity (Wildman–Crippen MR) is 101 cm³/mol. The van der Waals surface area contributed by atoms with E-state index in [1.807, 2.05) is 24.4 Å². The third-order valence-electron chi connectivity index (χ3n) is 5.32. The lowest BCUT2D eigenvalue weighted by atomic mass is 9.94. The van der Waals surface area contributed by atoms with Crippen molar-refractivity contribution < 1.29 is 9.47 Å². The molecule has 132 valence electrons. The molecule has 1 heterocycles. The van der Waals surface area contributed by atoms with Crippen molar-refractivity contribution in [2.45, 2.75) is 19.4 Å². The number of thiazole rings is 1. The van der Waals surface area contributed by atoms with Crippen LogP contribution in [0.2, 0.25) is 0 Å². The van der Waals surface area contributed by atoms with E-state index < -0.39 is 0 Å². The number of aromatic nitrogens is 1. The number of allylic oxidation sites excluding steroid dienone is 2. The maximum atomic E-state index is 5.49. The minimum absolute atomic E-state index is 0.797. The first-order valence-electron chi connectivity index (χ1n) is 8.83. The van der Waals surface area contributed by atoms with Crippen LogP contribution in [0.3, 0.4) is 0 Å². The molecule has 0 amide bonds. The van der Waals surface area contributed by atoms with E-state index in [0.717, 1.165) is 57.8 Å². The Morgan fingerprint density at radius 1 is 1.20 bits per heavy atom. The second-order valence-electron chi connectivity index (χ2n) is 6.86. The van der Waals surface area contributed by atoms with Crippen LogP contribution < -0.4 is 14.8 Å². The molecule has 5 heteroatoms. The molecule has 1 fully saturated rings. The van der Waals surface area contributed by atoms with Gasteiger partial charge in [0.15, 0.2) is 0 Å². The van der Waals surface area contributed by atoms with Crippen LogP contribution in [0.25, 0.3) is 10.4 Å². The van der Waals surface area contributed by atoms with Gasteiger partial charge in [-0.2, -0.15) is 0 Å². The van der Waals surface area contributed by atoms with E-state index in [-0.39, 0.29) is 0 Å². The number of nitrogens with zero attached hydrogens (tertiary/aromatic N) is 1. The number of nitrogens with one attached hydrogen (secondary N) is 1. The number of benzene rings is 1. The molecule has 3 unspecified atom stereocenters. The first kappa shape index (κ1) is 16.6. The van der Waals surface area contributed by atoms with Crippen molar-refractivity contribution >= 4 is 11.3 Å². The summed E-state index contributed by atoms with van der Waals surface area (Å²) in [7, 11) is 3.37. The number of fused-ring (bicyclic) bond motifs is 2. The first-order chi connectivity index (χ1) is 12.3. The number of rotatable bonds is 7. The normalized spacial score (nSPS) is 24.0. The average molecular weight is 356 g/mol. The van der Waals surface area contributed by atoms with Crippen molar-refractivity contribution in [3.8, 4) is 21.9 Å². The van der Waals surface area contributed by atoms with E-state index in [0.29, 0.717) is 0 Å². The highest BCUT2D eigenvalue weighted by Crippen LogP contribution is 2.43. The highest BCUT2D eigenvalue weighted by molar-refractivity contribution is 7.15. The van der Waals surface area contributed by atoms with Gasteiger partial charge in [-0.25, -0.2) is 4.98 Å². The Bertz CT molecular complexity index is 771. The Labute approximate surface area is 152 Å². The summed E-state index contributed by atoms with van der Waals surface area (Å²) < 4.78 is 10.8. The summed E-state index contributed by atoms with van der Waals surface area (Å²) in [5.74, 6) is 4.10. The molecule has 0 spiro atoms. The van der Waals surface area contributed by atoms with Gasteiger partial charge in [0.1, 0.15) is 16.5 Å². The number of hydrogen-bond donors (Lipinski definition) is 1. The van der Waals surface area contributed by atoms with Gasteiger partial charge in [-0.1, -0.05) is 12.2 Å². The summed E-state index contributed by atoms with van der Waals surface area (Å²) in [5.41, 5.74) is 1.03. The molecule has 4 rings (SSSR count). The zero-order valence-corrected chi connectivity index (χ0v) is 15.5. The van der Waals surface area contributed by atoms with Gasteiger partial charge in [0.2, 0.25) is 0 Å². The van der Waals surface area contributed by atoms with Gasteiger partial charge >= 0.3 is 0 Å². The van der Waals surface area contributed by atoms with Gasteiger partial charge in [-0.05, 0) is 55.3 Å². The molecule has 1 aromatic carbocycles. The van der Waals surface area contributed by atoms with E-state index in [4.69, 9.17) is 9.47 Å². The van der Waals surface area contributed by atoms with E-state index >= 15 is 0 Å². The van der Waals surface area contributed by atoms with Crippen molar-refractivity contribution in [2.75, 3.05) is 20.8 Å². The minimum Gasteiger partial charge on any atom is -0.497 e. The quantitative estimate of drug-likeness (QED) is 0.758. The van der Waals surface area contributed by atoms with E-state index in [1.165, 1.54) is 12.8 Å². The molecule has 0 saturated heterocycles. The Balaban J connectivity index is 1.39. The van der Waals surface area contributed by atoms with Gasteiger partial charge in [0.25, 0.3) is 0 Å². The molecule has 4 nitrogen and oxygen atoms in total. The molecule has 2 bridgehead atoms. The van der Waals surface area contributed by atoms with Crippen LogP contribution in [-0.2, 0) is 6.54 Å². The lowest BCUT2D eigenvalue weighted by Crippen LogP contribution is -2.24. The Kier molecular flexibility index (Phi) is 4.77. The third kappa shape index (κ3) is 3.44. The maximum Gasteiger partial charge on any atom is 0.127 e. The summed E-state index contributed by atoms with van der Waals surface area (Å²) in [6.07, 6.45) is 9.45. The Morgan fingerprint density at radius 2 is 2.12 bits per heavy atom. The molecule has 2 aliphatic rings. The average Bonchev–Trinajstić information content (AvgIpc) is 3.38. The van der Waals surface area contributed by atoms with Crippen LogP contribution in [0.15, 0.2) is 36.5 Å². The zero-order chi connectivity index (χ0) is 17.2. The summed E-state index contributed by atoms with van der Waals surface area (Å²) >= 11 is 1.71. The van der Waals surface area contributed by atoms with Crippen LogP contribution in [0.5, 0.6) is 11.5 Å². The molecule has 0 radical (unpaired) electrons. The van der Waals surface area contributed by atoms with Gasteiger partial charge in [0, 0.05) is 18.3 Å². The standard InChI is InChI=1S/C20H24N2O2S/c1-23-16-5-6-18(24-2)17(9-16)19-11-22-20(25-19)12-21-10-15-8-13-3-4-14(15)7-13/h3-6,9,11,13-15,21H,7-8,10,12H2,1-2H3. The second kappa shape index (κ2) is 7.18. The van der Waals surface area contributed by atoms with Crippen molar-refractivity contribution in [3.05, 3.63) is 41.6 Å². The minimum atomic E-state index is 0.797. The SMILES string of the molecule is COc1ccc(OC)c(-c2cnc(CNCC3CC4C=CC3C4)s2)c1. The largest absolute Gasteiger partial charge is 0.497 e. The maximum absolute atomic E-state index is 5.49.